The van der Waals surface area contributed by atoms with Gasteiger partial charge in [0.15, 0.2) is 0 Å². The molecule has 8 N–H and O–H groups in total. The summed E-state index contributed by atoms with van der Waals surface area (Å²) in [6.45, 7) is 3.05. The highest BCUT2D eigenvalue weighted by molar-refractivity contribution is 5.95. The molecular formula is C33H51N7O3. The van der Waals surface area contributed by atoms with Crippen molar-refractivity contribution < 1.29 is 15.0 Å². The van der Waals surface area contributed by atoms with Crippen LogP contribution in [0.25, 0.3) is 0 Å². The average molecular weight is 594 g/mol. The molecule has 2 aromatic rings. The molecule has 2 aromatic carbocycles. The van der Waals surface area contributed by atoms with Gasteiger partial charge in [-0.05, 0) is 43.0 Å². The molecule has 1 aliphatic carbocycles. The van der Waals surface area contributed by atoms with Crippen LogP contribution in [0.2, 0.25) is 0 Å². The highest BCUT2D eigenvalue weighted by Crippen LogP contribution is 2.40. The summed E-state index contributed by atoms with van der Waals surface area (Å²) in [4.78, 5) is 15.5. The fraction of sp³-hybridized carbons (Fsp3) is 0.606. The molecule has 2 aliphatic heterocycles. The fourth-order valence-corrected chi connectivity index (χ4v) is 7.30. The van der Waals surface area contributed by atoms with Crippen molar-refractivity contribution in [3.8, 4) is 0 Å². The molecule has 5 rings (SSSR count). The number of carbonyl (C=O) groups is 1. The molecule has 4 atom stereocenters. The zero-order chi connectivity index (χ0) is 29.9. The van der Waals surface area contributed by atoms with Crippen LogP contribution in [0, 0.1) is 5.41 Å². The minimum atomic E-state index is -0.262. The second-order valence-corrected chi connectivity index (χ2v) is 12.4. The normalized spacial score (nSPS) is 25.4. The smallest absolute Gasteiger partial charge is 0.251 e. The third-order valence-corrected chi connectivity index (χ3v) is 9.56. The summed E-state index contributed by atoms with van der Waals surface area (Å²) >= 11 is 0. The third-order valence-electron chi connectivity index (χ3n) is 9.56. The summed E-state index contributed by atoms with van der Waals surface area (Å²) in [5, 5.41) is 33.7. The number of nitrogens with one attached hydrogen (secondary N) is 6. The van der Waals surface area contributed by atoms with E-state index >= 15 is 0 Å². The highest BCUT2D eigenvalue weighted by Gasteiger charge is 2.48. The van der Waals surface area contributed by atoms with Crippen molar-refractivity contribution >= 4 is 11.6 Å². The summed E-state index contributed by atoms with van der Waals surface area (Å²) in [6, 6.07) is 17.3. The molecule has 1 spiro atoms. The molecule has 2 heterocycles. The molecule has 0 radical (unpaired) electrons. The number of aliphatic hydroxyl groups is 2. The molecule has 3 aliphatic rings. The first-order valence-electron chi connectivity index (χ1n) is 16.3. The first-order chi connectivity index (χ1) is 21.1. The van der Waals surface area contributed by atoms with Gasteiger partial charge in [-0.25, -0.2) is 10.9 Å². The van der Waals surface area contributed by atoms with E-state index in [0.717, 1.165) is 24.5 Å². The van der Waals surface area contributed by atoms with Crippen LogP contribution in [-0.2, 0) is 0 Å². The van der Waals surface area contributed by atoms with Crippen molar-refractivity contribution in [1.82, 2.24) is 31.7 Å². The maximum Gasteiger partial charge on any atom is 0.251 e. The summed E-state index contributed by atoms with van der Waals surface area (Å²) in [7, 11) is 0. The zero-order valence-electron chi connectivity index (χ0n) is 25.4. The summed E-state index contributed by atoms with van der Waals surface area (Å²) in [5.74, 6) is -0.175. The van der Waals surface area contributed by atoms with Crippen LogP contribution >= 0.6 is 0 Å². The number of benzene rings is 2. The van der Waals surface area contributed by atoms with Gasteiger partial charge in [-0.2, -0.15) is 0 Å². The molecule has 10 nitrogen and oxygen atoms in total. The van der Waals surface area contributed by atoms with Crippen molar-refractivity contribution in [2.45, 2.75) is 82.2 Å². The largest absolute Gasteiger partial charge is 0.396 e. The predicted molar refractivity (Wildman–Crippen MR) is 170 cm³/mol. The van der Waals surface area contributed by atoms with E-state index in [1.807, 2.05) is 54.6 Å². The van der Waals surface area contributed by atoms with E-state index < -0.39 is 0 Å². The minimum Gasteiger partial charge on any atom is -0.396 e. The van der Waals surface area contributed by atoms with Crippen molar-refractivity contribution in [1.29, 1.82) is 0 Å². The van der Waals surface area contributed by atoms with E-state index in [0.29, 0.717) is 25.1 Å². The number of carbonyl (C=O) groups excluding carboxylic acids is 1. The van der Waals surface area contributed by atoms with Gasteiger partial charge in [-0.3, -0.25) is 15.0 Å². The Morgan fingerprint density at radius 2 is 1.72 bits per heavy atom. The second-order valence-electron chi connectivity index (χ2n) is 12.4. The van der Waals surface area contributed by atoms with Crippen molar-refractivity contribution in [3.05, 3.63) is 65.7 Å². The van der Waals surface area contributed by atoms with Gasteiger partial charge in [0.1, 0.15) is 0 Å². The molecule has 2 saturated heterocycles. The van der Waals surface area contributed by atoms with E-state index in [1.165, 1.54) is 51.4 Å². The van der Waals surface area contributed by atoms with Gasteiger partial charge in [0.25, 0.3) is 5.91 Å². The Labute approximate surface area is 256 Å². The van der Waals surface area contributed by atoms with E-state index in [-0.39, 0.29) is 49.0 Å². The maximum absolute atomic E-state index is 13.2. The summed E-state index contributed by atoms with van der Waals surface area (Å²) < 4.78 is 0. The Kier molecular flexibility index (Phi) is 11.8. The Balaban J connectivity index is 1.24. The predicted octanol–water partition coefficient (Wildman–Crippen LogP) is 2.65. The number of hydrogen-bond acceptors (Lipinski definition) is 9. The molecule has 0 aromatic heterocycles. The Morgan fingerprint density at radius 1 is 0.953 bits per heavy atom. The number of β-amino-alcohol motifs (C(OH)–C–C–N with tert-alkyl or cyclic N) is 1. The van der Waals surface area contributed by atoms with E-state index in [1.54, 1.807) is 0 Å². The molecule has 10 heteroatoms. The maximum atomic E-state index is 13.2. The quantitative estimate of drug-likeness (QED) is 0.198. The lowest BCUT2D eigenvalue weighted by molar-refractivity contribution is 0.0290. The number of amides is 1. The van der Waals surface area contributed by atoms with Crippen LogP contribution in [0.15, 0.2) is 54.6 Å². The molecule has 3 fully saturated rings. The van der Waals surface area contributed by atoms with Gasteiger partial charge >= 0.3 is 0 Å². The lowest BCUT2D eigenvalue weighted by Gasteiger charge is -2.49. The number of hydrazine groups is 1. The van der Waals surface area contributed by atoms with Crippen LogP contribution in [0.1, 0.15) is 79.8 Å². The van der Waals surface area contributed by atoms with Crippen LogP contribution in [0.5, 0.6) is 0 Å². The van der Waals surface area contributed by atoms with Gasteiger partial charge in [0, 0.05) is 55.6 Å². The second kappa shape index (κ2) is 15.9. The summed E-state index contributed by atoms with van der Waals surface area (Å²) in [6.07, 6.45) is 10.7. The zero-order valence-corrected chi connectivity index (χ0v) is 25.4. The molecule has 236 valence electrons. The van der Waals surface area contributed by atoms with Crippen molar-refractivity contribution in [3.63, 3.8) is 0 Å². The number of nitrogens with zero attached hydrogens (tertiary/aromatic N) is 1. The Hall–Kier alpha value is -2.57. The molecule has 43 heavy (non-hydrogen) atoms. The van der Waals surface area contributed by atoms with Gasteiger partial charge < -0.3 is 26.2 Å². The van der Waals surface area contributed by atoms with Crippen molar-refractivity contribution in [2.75, 3.05) is 44.8 Å². The highest BCUT2D eigenvalue weighted by atomic mass is 16.3. The molecular weight excluding hydrogens is 542 g/mol. The Morgan fingerprint density at radius 3 is 2.47 bits per heavy atom. The topological polar surface area (TPSA) is 133 Å². The van der Waals surface area contributed by atoms with E-state index in [4.69, 9.17) is 0 Å². The van der Waals surface area contributed by atoms with Crippen LogP contribution in [0.3, 0.4) is 0 Å². The number of hydrogen-bond donors (Lipinski definition) is 8. The van der Waals surface area contributed by atoms with E-state index in [2.05, 4.69) is 37.0 Å². The lowest BCUT2D eigenvalue weighted by Crippen LogP contribution is -2.68. The fourth-order valence-electron chi connectivity index (χ4n) is 7.30. The van der Waals surface area contributed by atoms with Crippen LogP contribution < -0.4 is 32.1 Å². The van der Waals surface area contributed by atoms with Gasteiger partial charge in [0.2, 0.25) is 0 Å². The standard InChI is InChI=1S/C33H51N7O3/c41-19-15-28(25-11-6-5-7-12-25)37-32(43)26-13-10-14-27(21-26)35-22-29-38-39-31(40(29)18-20-42)30-33(23-34-24-36-30)16-8-3-1-2-4-9-17-33/h5-7,10-14,21,28-31,34-36,38-39,41-42H,1-4,8-9,15-20,22-24H2,(H,37,43)/t28-,29?,30?,31?/m0/s1. The summed E-state index contributed by atoms with van der Waals surface area (Å²) in [5.41, 5.74) is 9.67. The molecule has 1 saturated carbocycles. The Bertz CT molecular complexity index is 1130. The van der Waals surface area contributed by atoms with Gasteiger partial charge in [-0.15, -0.1) is 0 Å². The molecule has 0 bridgehead atoms. The van der Waals surface area contributed by atoms with E-state index in [9.17, 15) is 15.0 Å². The molecule has 1 amide bonds. The van der Waals surface area contributed by atoms with Gasteiger partial charge in [-0.1, -0.05) is 74.9 Å². The first-order valence-corrected chi connectivity index (χ1v) is 16.3. The van der Waals surface area contributed by atoms with Crippen LogP contribution in [-0.4, -0.2) is 78.9 Å². The van der Waals surface area contributed by atoms with Crippen LogP contribution in [0.4, 0.5) is 5.69 Å². The van der Waals surface area contributed by atoms with Crippen molar-refractivity contribution in [2.24, 2.45) is 5.41 Å². The third kappa shape index (κ3) is 8.13. The minimum absolute atomic E-state index is 0.0107. The monoisotopic (exact) mass is 593 g/mol. The first kappa shape index (κ1) is 31.8. The number of anilines is 1. The average Bonchev–Trinajstić information content (AvgIpc) is 3.48. The lowest BCUT2D eigenvalue weighted by atomic mass is 9.70. The van der Waals surface area contributed by atoms with Gasteiger partial charge in [0.05, 0.1) is 25.0 Å². The number of rotatable bonds is 11. The molecule has 3 unspecified atom stereocenters. The SMILES string of the molecule is O=C(N[C@@H](CCO)c1ccccc1)c1cccc(NCC2NNC(C3NCNCC34CCCCCCCC4)N2CCO)c1. The number of aliphatic hydroxyl groups excluding tert-OH is 2.